The fraction of sp³-hybridized carbons (Fsp3) is 0.250. The Bertz CT molecular complexity index is 474. The highest BCUT2D eigenvalue weighted by atomic mass is 127. The lowest BCUT2D eigenvalue weighted by molar-refractivity contribution is 0.771. The van der Waals surface area contributed by atoms with Gasteiger partial charge in [0.15, 0.2) is 0 Å². The number of hydrogen-bond acceptors (Lipinski definition) is 2. The monoisotopic (exact) mass is 327 g/mol. The zero-order valence-electron chi connectivity index (χ0n) is 9.37. The molecule has 4 heteroatoms. The third-order valence-electron chi connectivity index (χ3n) is 2.34. The Morgan fingerprint density at radius 1 is 1.31 bits per heavy atom. The van der Waals surface area contributed by atoms with E-state index in [9.17, 15) is 0 Å². The summed E-state index contributed by atoms with van der Waals surface area (Å²) in [6.45, 7) is 5.04. The van der Waals surface area contributed by atoms with Crippen molar-refractivity contribution < 1.29 is 0 Å². The summed E-state index contributed by atoms with van der Waals surface area (Å²) < 4.78 is 3.34. The van der Waals surface area contributed by atoms with Crippen molar-refractivity contribution in [2.75, 3.05) is 5.32 Å². The maximum absolute atomic E-state index is 4.45. The van der Waals surface area contributed by atoms with Gasteiger partial charge in [-0.25, -0.2) is 4.98 Å². The van der Waals surface area contributed by atoms with E-state index in [4.69, 9.17) is 0 Å². The molecule has 16 heavy (non-hydrogen) atoms. The van der Waals surface area contributed by atoms with Crippen molar-refractivity contribution in [3.8, 4) is 0 Å². The summed E-state index contributed by atoms with van der Waals surface area (Å²) >= 11 is 2.30. The van der Waals surface area contributed by atoms with Crippen molar-refractivity contribution in [3.63, 3.8) is 0 Å². The van der Waals surface area contributed by atoms with Crippen LogP contribution in [0.3, 0.4) is 0 Å². The molecule has 1 heterocycles. The van der Waals surface area contributed by atoms with Gasteiger partial charge in [0.1, 0.15) is 0 Å². The largest absolute Gasteiger partial charge is 0.326 e. The van der Waals surface area contributed by atoms with E-state index < -0.39 is 0 Å². The second-order valence-corrected chi connectivity index (χ2v) is 4.87. The Kier molecular flexibility index (Phi) is 3.48. The molecule has 0 atom stereocenters. The molecule has 0 spiro atoms. The summed E-state index contributed by atoms with van der Waals surface area (Å²) in [5.74, 6) is 0.904. The molecule has 3 nitrogen and oxygen atoms in total. The standard InChI is InChI=1S/C12H14IN3/c1-3-16-8-9(2)14-12(16)15-11-6-4-10(13)5-7-11/h4-8H,3H2,1-2H3,(H,14,15). The summed E-state index contributed by atoms with van der Waals surface area (Å²) in [6.07, 6.45) is 2.05. The topological polar surface area (TPSA) is 29.9 Å². The van der Waals surface area contributed by atoms with Crippen LogP contribution in [0.15, 0.2) is 30.5 Å². The molecule has 0 unspecified atom stereocenters. The van der Waals surface area contributed by atoms with Gasteiger partial charge in [-0.15, -0.1) is 0 Å². The fourth-order valence-electron chi connectivity index (χ4n) is 1.55. The van der Waals surface area contributed by atoms with Gasteiger partial charge in [-0.05, 0) is 60.7 Å². The number of benzene rings is 1. The van der Waals surface area contributed by atoms with Crippen molar-refractivity contribution in [2.45, 2.75) is 20.4 Å². The van der Waals surface area contributed by atoms with E-state index in [1.54, 1.807) is 0 Å². The Morgan fingerprint density at radius 3 is 2.62 bits per heavy atom. The van der Waals surface area contributed by atoms with E-state index in [1.807, 2.05) is 6.92 Å². The number of aromatic nitrogens is 2. The zero-order valence-corrected chi connectivity index (χ0v) is 11.5. The Morgan fingerprint density at radius 2 is 2.00 bits per heavy atom. The van der Waals surface area contributed by atoms with Gasteiger partial charge in [-0.2, -0.15) is 0 Å². The Hall–Kier alpha value is -1.04. The summed E-state index contributed by atoms with van der Waals surface area (Å²) in [5.41, 5.74) is 2.11. The number of hydrogen-bond donors (Lipinski definition) is 1. The number of rotatable bonds is 3. The first-order valence-electron chi connectivity index (χ1n) is 5.25. The van der Waals surface area contributed by atoms with Gasteiger partial charge in [0.25, 0.3) is 0 Å². The van der Waals surface area contributed by atoms with Crippen LogP contribution < -0.4 is 5.32 Å². The second kappa shape index (κ2) is 4.86. The van der Waals surface area contributed by atoms with E-state index >= 15 is 0 Å². The molecule has 0 aliphatic carbocycles. The highest BCUT2D eigenvalue weighted by molar-refractivity contribution is 14.1. The third-order valence-corrected chi connectivity index (χ3v) is 3.06. The van der Waals surface area contributed by atoms with Crippen LogP contribution in [0, 0.1) is 10.5 Å². The van der Waals surface area contributed by atoms with Gasteiger partial charge >= 0.3 is 0 Å². The fourth-order valence-corrected chi connectivity index (χ4v) is 1.91. The molecule has 0 bridgehead atoms. The Labute approximate surface area is 109 Å². The average Bonchev–Trinajstić information content (AvgIpc) is 2.62. The van der Waals surface area contributed by atoms with E-state index in [2.05, 4.69) is 74.8 Å². The number of anilines is 2. The van der Waals surface area contributed by atoms with Crippen molar-refractivity contribution in [2.24, 2.45) is 0 Å². The molecule has 1 aromatic heterocycles. The van der Waals surface area contributed by atoms with E-state index in [-0.39, 0.29) is 0 Å². The van der Waals surface area contributed by atoms with Crippen LogP contribution in [-0.2, 0) is 6.54 Å². The average molecular weight is 327 g/mol. The highest BCUT2D eigenvalue weighted by Gasteiger charge is 2.03. The highest BCUT2D eigenvalue weighted by Crippen LogP contribution is 2.17. The molecule has 0 saturated carbocycles. The van der Waals surface area contributed by atoms with E-state index in [0.717, 1.165) is 23.9 Å². The quantitative estimate of drug-likeness (QED) is 0.874. The number of imidazole rings is 1. The maximum atomic E-state index is 4.45. The SMILES string of the molecule is CCn1cc(C)nc1Nc1ccc(I)cc1. The van der Waals surface area contributed by atoms with Gasteiger partial charge in [-0.1, -0.05) is 0 Å². The molecule has 0 aliphatic heterocycles. The van der Waals surface area contributed by atoms with Crippen molar-refractivity contribution >= 4 is 34.2 Å². The first-order chi connectivity index (χ1) is 7.69. The van der Waals surface area contributed by atoms with Crippen LogP contribution in [-0.4, -0.2) is 9.55 Å². The number of aryl methyl sites for hydroxylation is 2. The summed E-state index contributed by atoms with van der Waals surface area (Å²) in [5, 5.41) is 3.32. The minimum Gasteiger partial charge on any atom is -0.326 e. The summed E-state index contributed by atoms with van der Waals surface area (Å²) in [6, 6.07) is 8.28. The van der Waals surface area contributed by atoms with E-state index in [0.29, 0.717) is 0 Å². The predicted molar refractivity (Wildman–Crippen MR) is 75.1 cm³/mol. The number of nitrogens with one attached hydrogen (secondary N) is 1. The van der Waals surface area contributed by atoms with Gasteiger partial charge in [0, 0.05) is 22.0 Å². The molecule has 0 saturated heterocycles. The molecule has 0 fully saturated rings. The molecule has 0 amide bonds. The zero-order chi connectivity index (χ0) is 11.5. The van der Waals surface area contributed by atoms with Crippen molar-refractivity contribution in [1.82, 2.24) is 9.55 Å². The van der Waals surface area contributed by atoms with Crippen LogP contribution in [0.2, 0.25) is 0 Å². The number of nitrogens with zero attached hydrogens (tertiary/aromatic N) is 2. The van der Waals surface area contributed by atoms with E-state index in [1.165, 1.54) is 3.57 Å². The van der Waals surface area contributed by atoms with Gasteiger partial charge in [-0.3, -0.25) is 0 Å². The second-order valence-electron chi connectivity index (χ2n) is 3.62. The third kappa shape index (κ3) is 2.55. The lowest BCUT2D eigenvalue weighted by Gasteiger charge is -2.07. The van der Waals surface area contributed by atoms with Crippen LogP contribution in [0.1, 0.15) is 12.6 Å². The maximum Gasteiger partial charge on any atom is 0.207 e. The summed E-state index contributed by atoms with van der Waals surface area (Å²) in [7, 11) is 0. The van der Waals surface area contributed by atoms with Crippen LogP contribution in [0.5, 0.6) is 0 Å². The molecular weight excluding hydrogens is 313 g/mol. The summed E-state index contributed by atoms with van der Waals surface area (Å²) in [4.78, 5) is 4.45. The minimum absolute atomic E-state index is 0.904. The lowest BCUT2D eigenvalue weighted by Crippen LogP contribution is -2.01. The van der Waals surface area contributed by atoms with Crippen LogP contribution in [0.4, 0.5) is 11.6 Å². The Balaban J connectivity index is 2.22. The first-order valence-corrected chi connectivity index (χ1v) is 6.33. The molecular formula is C12H14IN3. The molecule has 1 N–H and O–H groups in total. The van der Waals surface area contributed by atoms with Crippen LogP contribution >= 0.6 is 22.6 Å². The van der Waals surface area contributed by atoms with Gasteiger partial charge in [0.2, 0.25) is 5.95 Å². The molecule has 84 valence electrons. The molecule has 0 radical (unpaired) electrons. The van der Waals surface area contributed by atoms with Gasteiger partial charge < -0.3 is 9.88 Å². The number of halogens is 1. The van der Waals surface area contributed by atoms with Crippen LogP contribution in [0.25, 0.3) is 0 Å². The molecule has 1 aromatic carbocycles. The normalized spacial score (nSPS) is 10.4. The molecule has 2 aromatic rings. The van der Waals surface area contributed by atoms with Gasteiger partial charge in [0.05, 0.1) is 5.69 Å². The minimum atomic E-state index is 0.904. The van der Waals surface area contributed by atoms with Crippen molar-refractivity contribution in [3.05, 3.63) is 39.7 Å². The molecule has 2 rings (SSSR count). The lowest BCUT2D eigenvalue weighted by atomic mass is 10.3. The first kappa shape index (κ1) is 11.4. The smallest absolute Gasteiger partial charge is 0.207 e. The van der Waals surface area contributed by atoms with Crippen molar-refractivity contribution in [1.29, 1.82) is 0 Å². The predicted octanol–water partition coefficient (Wildman–Crippen LogP) is 3.56. The molecule has 0 aliphatic rings.